The van der Waals surface area contributed by atoms with Crippen molar-refractivity contribution in [2.45, 2.75) is 0 Å². The number of phenolic OH excluding ortho intramolecular Hbond substituents is 1. The van der Waals surface area contributed by atoms with Gasteiger partial charge in [0, 0.05) is 6.20 Å². The van der Waals surface area contributed by atoms with Crippen LogP contribution in [0.3, 0.4) is 0 Å². The average molecular weight is 403 g/mol. The van der Waals surface area contributed by atoms with E-state index in [1.165, 1.54) is 0 Å². The Kier molecular flexibility index (Phi) is 6.19. The lowest BCUT2D eigenvalue weighted by Gasteiger charge is -2.05. The molecule has 0 spiro atoms. The van der Waals surface area contributed by atoms with E-state index in [2.05, 4.69) is 4.98 Å². The van der Waals surface area contributed by atoms with Gasteiger partial charge in [-0.25, -0.2) is 19.6 Å². The van der Waals surface area contributed by atoms with Crippen LogP contribution in [-0.2, 0) is 9.59 Å². The molecule has 0 aliphatic heterocycles. The van der Waals surface area contributed by atoms with Crippen LogP contribution in [0.5, 0.6) is 5.75 Å². The van der Waals surface area contributed by atoms with Crippen LogP contribution < -0.4 is 0 Å². The standard InChI is InChI=1S/C20H15N3O.C2H2O4/c24-16-7-5-6-15(14-16)11-12-20-22-17-8-1-2-9-18(17)23(20)19-10-3-4-13-21-19;3-1(4)2(5)6/h1-14,24H;(H,3,4)(H,5,6). The predicted molar refractivity (Wildman–Crippen MR) is 111 cm³/mol. The van der Waals surface area contributed by atoms with E-state index in [1.54, 1.807) is 18.3 Å². The SMILES string of the molecule is O=C(O)C(=O)O.Oc1cccc(C=Cc2nc3ccccc3n2-c2ccccn2)c1. The van der Waals surface area contributed by atoms with Crippen LogP contribution in [0.1, 0.15) is 11.4 Å². The van der Waals surface area contributed by atoms with Crippen LogP contribution in [0.4, 0.5) is 0 Å². The number of aliphatic carboxylic acids is 2. The Bertz CT molecular complexity index is 1200. The smallest absolute Gasteiger partial charge is 0.414 e. The Balaban J connectivity index is 0.000000377. The van der Waals surface area contributed by atoms with Crippen LogP contribution in [0, 0.1) is 0 Å². The molecule has 150 valence electrons. The second-order valence-electron chi connectivity index (χ2n) is 6.02. The van der Waals surface area contributed by atoms with Gasteiger partial charge in [-0.2, -0.15) is 0 Å². The van der Waals surface area contributed by atoms with Crippen molar-refractivity contribution >= 4 is 35.1 Å². The number of nitrogens with zero attached hydrogens (tertiary/aromatic N) is 3. The summed E-state index contributed by atoms with van der Waals surface area (Å²) in [6, 6.07) is 20.9. The average Bonchev–Trinajstić information content (AvgIpc) is 3.12. The Morgan fingerprint density at radius 2 is 1.60 bits per heavy atom. The number of hydrogen-bond donors (Lipinski definition) is 3. The molecule has 0 unspecified atom stereocenters. The molecule has 2 heterocycles. The molecule has 8 heteroatoms. The molecule has 4 aromatic rings. The number of carbonyl (C=O) groups is 2. The zero-order valence-corrected chi connectivity index (χ0v) is 15.6. The van der Waals surface area contributed by atoms with E-state index in [1.807, 2.05) is 71.3 Å². The molecule has 0 saturated heterocycles. The fourth-order valence-electron chi connectivity index (χ4n) is 2.68. The number of carboxylic acid groups (broad SMARTS) is 2. The van der Waals surface area contributed by atoms with Crippen LogP contribution in [-0.4, -0.2) is 41.8 Å². The monoisotopic (exact) mass is 403 g/mol. The highest BCUT2D eigenvalue weighted by Gasteiger charge is 2.10. The maximum atomic E-state index is 9.59. The summed E-state index contributed by atoms with van der Waals surface area (Å²) in [5.41, 5.74) is 2.83. The molecule has 0 atom stereocenters. The maximum absolute atomic E-state index is 9.59. The summed E-state index contributed by atoms with van der Waals surface area (Å²) in [6.45, 7) is 0. The van der Waals surface area contributed by atoms with E-state index >= 15 is 0 Å². The lowest BCUT2D eigenvalue weighted by molar-refractivity contribution is -0.159. The number of carboxylic acids is 2. The third-order valence-electron chi connectivity index (χ3n) is 3.94. The lowest BCUT2D eigenvalue weighted by Crippen LogP contribution is -2.09. The van der Waals surface area contributed by atoms with Gasteiger partial charge in [-0.3, -0.25) is 4.57 Å². The highest BCUT2D eigenvalue weighted by molar-refractivity contribution is 6.27. The number of rotatable bonds is 3. The Morgan fingerprint density at radius 1 is 0.867 bits per heavy atom. The Labute approximate surface area is 171 Å². The molecule has 3 N–H and O–H groups in total. The minimum Gasteiger partial charge on any atom is -0.508 e. The second-order valence-corrected chi connectivity index (χ2v) is 6.02. The molecule has 0 fully saturated rings. The van der Waals surface area contributed by atoms with Gasteiger partial charge in [0.25, 0.3) is 0 Å². The minimum atomic E-state index is -1.82. The van der Waals surface area contributed by atoms with Crippen molar-refractivity contribution in [3.8, 4) is 11.6 Å². The number of aromatic hydroxyl groups is 1. The van der Waals surface area contributed by atoms with Crippen molar-refractivity contribution in [2.24, 2.45) is 0 Å². The zero-order valence-electron chi connectivity index (χ0n) is 15.6. The van der Waals surface area contributed by atoms with Crippen molar-refractivity contribution in [3.05, 3.63) is 84.3 Å². The molecule has 2 aromatic carbocycles. The molecular weight excluding hydrogens is 386 g/mol. The van der Waals surface area contributed by atoms with Gasteiger partial charge in [0.15, 0.2) is 0 Å². The van der Waals surface area contributed by atoms with E-state index in [0.717, 1.165) is 28.2 Å². The van der Waals surface area contributed by atoms with E-state index in [9.17, 15) is 5.11 Å². The van der Waals surface area contributed by atoms with Crippen LogP contribution >= 0.6 is 0 Å². The highest BCUT2D eigenvalue weighted by Crippen LogP contribution is 2.22. The third kappa shape index (κ3) is 4.87. The number of phenols is 1. The zero-order chi connectivity index (χ0) is 21.5. The van der Waals surface area contributed by atoms with Gasteiger partial charge < -0.3 is 15.3 Å². The summed E-state index contributed by atoms with van der Waals surface area (Å²) in [5.74, 6) is -1.79. The summed E-state index contributed by atoms with van der Waals surface area (Å²) >= 11 is 0. The predicted octanol–water partition coefficient (Wildman–Crippen LogP) is 3.45. The fourth-order valence-corrected chi connectivity index (χ4v) is 2.68. The van der Waals surface area contributed by atoms with E-state index < -0.39 is 11.9 Å². The fraction of sp³-hybridized carbons (Fsp3) is 0. The molecule has 8 nitrogen and oxygen atoms in total. The number of aromatic nitrogens is 3. The number of hydrogen-bond acceptors (Lipinski definition) is 5. The van der Waals surface area contributed by atoms with Gasteiger partial charge in [-0.1, -0.05) is 36.4 Å². The number of fused-ring (bicyclic) bond motifs is 1. The van der Waals surface area contributed by atoms with Gasteiger partial charge in [0.05, 0.1) is 11.0 Å². The molecule has 0 bridgehead atoms. The van der Waals surface area contributed by atoms with E-state index in [4.69, 9.17) is 24.8 Å². The highest BCUT2D eigenvalue weighted by atomic mass is 16.4. The van der Waals surface area contributed by atoms with Crippen molar-refractivity contribution in [2.75, 3.05) is 0 Å². The molecular formula is C22H17N3O5. The van der Waals surface area contributed by atoms with E-state index in [0.29, 0.717) is 0 Å². The summed E-state index contributed by atoms with van der Waals surface area (Å²) < 4.78 is 2.02. The number of para-hydroxylation sites is 2. The van der Waals surface area contributed by atoms with Gasteiger partial charge in [0.2, 0.25) is 0 Å². The van der Waals surface area contributed by atoms with Crippen molar-refractivity contribution in [1.29, 1.82) is 0 Å². The van der Waals surface area contributed by atoms with Crippen molar-refractivity contribution in [3.63, 3.8) is 0 Å². The minimum absolute atomic E-state index is 0.246. The topological polar surface area (TPSA) is 126 Å². The van der Waals surface area contributed by atoms with Crippen molar-refractivity contribution < 1.29 is 24.9 Å². The van der Waals surface area contributed by atoms with Crippen LogP contribution in [0.2, 0.25) is 0 Å². The Hall–Kier alpha value is -4.46. The van der Waals surface area contributed by atoms with Gasteiger partial charge in [0.1, 0.15) is 17.4 Å². The molecule has 0 saturated carbocycles. The molecule has 0 radical (unpaired) electrons. The normalized spacial score (nSPS) is 10.5. The first-order valence-corrected chi connectivity index (χ1v) is 8.78. The van der Waals surface area contributed by atoms with Crippen LogP contribution in [0.25, 0.3) is 29.0 Å². The Morgan fingerprint density at radius 3 is 2.27 bits per heavy atom. The second kappa shape index (κ2) is 9.16. The number of pyridine rings is 1. The third-order valence-corrected chi connectivity index (χ3v) is 3.94. The quantitative estimate of drug-likeness (QED) is 0.447. The summed E-state index contributed by atoms with van der Waals surface area (Å²) in [5, 5.41) is 24.4. The first kappa shape index (κ1) is 20.3. The summed E-state index contributed by atoms with van der Waals surface area (Å²) in [7, 11) is 0. The summed E-state index contributed by atoms with van der Waals surface area (Å²) in [6.07, 6.45) is 5.64. The number of benzene rings is 2. The molecule has 0 aliphatic carbocycles. The van der Waals surface area contributed by atoms with E-state index in [-0.39, 0.29) is 5.75 Å². The lowest BCUT2D eigenvalue weighted by atomic mass is 10.2. The molecule has 0 aliphatic rings. The van der Waals surface area contributed by atoms with Gasteiger partial charge in [-0.15, -0.1) is 0 Å². The van der Waals surface area contributed by atoms with Crippen molar-refractivity contribution in [1.82, 2.24) is 14.5 Å². The molecule has 0 amide bonds. The van der Waals surface area contributed by atoms with Crippen LogP contribution in [0.15, 0.2) is 72.9 Å². The summed E-state index contributed by atoms with van der Waals surface area (Å²) in [4.78, 5) is 27.3. The first-order chi connectivity index (χ1) is 14.5. The molecule has 30 heavy (non-hydrogen) atoms. The number of imidazole rings is 1. The largest absolute Gasteiger partial charge is 0.508 e. The molecule has 4 rings (SSSR count). The van der Waals surface area contributed by atoms with Gasteiger partial charge in [-0.05, 0) is 48.0 Å². The van der Waals surface area contributed by atoms with Gasteiger partial charge >= 0.3 is 11.9 Å². The first-order valence-electron chi connectivity index (χ1n) is 8.78. The molecule has 2 aromatic heterocycles. The maximum Gasteiger partial charge on any atom is 0.414 e.